The predicted octanol–water partition coefficient (Wildman–Crippen LogP) is 2.25. The van der Waals surface area contributed by atoms with Gasteiger partial charge in [0, 0.05) is 36.7 Å². The number of hydrogen-bond donors (Lipinski definition) is 3. The van der Waals surface area contributed by atoms with Crippen LogP contribution in [0.5, 0.6) is 5.75 Å². The van der Waals surface area contributed by atoms with Crippen molar-refractivity contribution in [2.24, 2.45) is 0 Å². The molecule has 180 valence electrons. The summed E-state index contributed by atoms with van der Waals surface area (Å²) < 4.78 is 10.3. The number of aromatic amines is 1. The number of carbonyl (C=O) groups is 1. The van der Waals surface area contributed by atoms with E-state index in [9.17, 15) is 14.7 Å². The number of nitrogens with one attached hydrogen (secondary N) is 2. The fraction of sp³-hybridized carbons (Fsp3) is 0.296. The zero-order valence-corrected chi connectivity index (χ0v) is 19.4. The molecule has 0 amide bonds. The highest BCUT2D eigenvalue weighted by molar-refractivity contribution is 5.78. The van der Waals surface area contributed by atoms with Crippen molar-refractivity contribution in [1.82, 2.24) is 15.3 Å². The number of carbonyl (C=O) groups excluding carboxylic acids is 1. The van der Waals surface area contributed by atoms with Crippen LogP contribution in [0, 0.1) is 11.8 Å². The van der Waals surface area contributed by atoms with E-state index in [1.54, 1.807) is 12.1 Å². The van der Waals surface area contributed by atoms with E-state index in [4.69, 9.17) is 9.47 Å². The molecular weight excluding hydrogens is 446 g/mol. The van der Waals surface area contributed by atoms with E-state index in [1.807, 2.05) is 24.3 Å². The lowest BCUT2D eigenvalue weighted by Crippen LogP contribution is -2.28. The highest BCUT2D eigenvalue weighted by atomic mass is 16.5. The van der Waals surface area contributed by atoms with Crippen LogP contribution in [0.1, 0.15) is 40.3 Å². The fourth-order valence-corrected chi connectivity index (χ4v) is 3.86. The molecule has 1 fully saturated rings. The van der Waals surface area contributed by atoms with Gasteiger partial charge in [-0.05, 0) is 41.8 Å². The van der Waals surface area contributed by atoms with E-state index in [2.05, 4.69) is 39.3 Å². The number of benzene rings is 2. The Bertz CT molecular complexity index is 1270. The van der Waals surface area contributed by atoms with E-state index < -0.39 is 23.2 Å². The molecule has 0 radical (unpaired) electrons. The fourth-order valence-electron chi connectivity index (χ4n) is 3.86. The zero-order chi connectivity index (χ0) is 24.6. The summed E-state index contributed by atoms with van der Waals surface area (Å²) in [7, 11) is 1.30. The summed E-state index contributed by atoms with van der Waals surface area (Å²) in [6.07, 6.45) is 2.27. The molecule has 8 heteroatoms. The van der Waals surface area contributed by atoms with Crippen LogP contribution in [0.4, 0.5) is 0 Å². The van der Waals surface area contributed by atoms with Gasteiger partial charge < -0.3 is 24.9 Å². The lowest BCUT2D eigenvalue weighted by molar-refractivity contribution is -0.142. The molecule has 2 heterocycles. The second kappa shape index (κ2) is 11.5. The second-order valence-electron chi connectivity index (χ2n) is 8.32. The van der Waals surface area contributed by atoms with Gasteiger partial charge in [-0.3, -0.25) is 9.59 Å². The third kappa shape index (κ3) is 6.35. The number of ether oxygens (including phenoxy) is 2. The van der Waals surface area contributed by atoms with E-state index in [1.165, 1.54) is 19.0 Å². The molecule has 1 saturated heterocycles. The molecule has 1 aliphatic heterocycles. The Labute approximate surface area is 203 Å². The monoisotopic (exact) mass is 473 g/mol. The number of methoxy groups -OCH3 is 1. The van der Waals surface area contributed by atoms with Crippen LogP contribution in [0.3, 0.4) is 0 Å². The first-order valence-electron chi connectivity index (χ1n) is 11.4. The highest BCUT2D eigenvalue weighted by Crippen LogP contribution is 2.24. The molecule has 1 aromatic heterocycles. The summed E-state index contributed by atoms with van der Waals surface area (Å²) in [5, 5.41) is 13.5. The van der Waals surface area contributed by atoms with E-state index in [0.29, 0.717) is 11.6 Å². The van der Waals surface area contributed by atoms with Crippen molar-refractivity contribution in [2.45, 2.75) is 31.3 Å². The number of nitrogens with zero attached hydrogens (tertiary/aromatic N) is 1. The molecular formula is C27H27N3O5. The number of hydrogen-bond acceptors (Lipinski definition) is 7. The number of rotatable bonds is 7. The molecule has 2 atom stereocenters. The van der Waals surface area contributed by atoms with Gasteiger partial charge >= 0.3 is 5.97 Å². The Hall–Kier alpha value is -3.93. The molecule has 2 aromatic carbocycles. The zero-order valence-electron chi connectivity index (χ0n) is 19.4. The quantitative estimate of drug-likeness (QED) is 0.356. The van der Waals surface area contributed by atoms with Gasteiger partial charge in [0.05, 0.1) is 31.7 Å². The third-order valence-electron chi connectivity index (χ3n) is 5.93. The van der Waals surface area contributed by atoms with Gasteiger partial charge in [0.1, 0.15) is 0 Å². The van der Waals surface area contributed by atoms with Crippen LogP contribution in [-0.4, -0.2) is 47.4 Å². The minimum absolute atomic E-state index is 0.0302. The average molecular weight is 474 g/mol. The normalized spacial score (nSPS) is 15.7. The Morgan fingerprint density at radius 1 is 1.20 bits per heavy atom. The molecule has 0 bridgehead atoms. The molecule has 3 N–H and O–H groups in total. The van der Waals surface area contributed by atoms with Crippen LogP contribution in [0.2, 0.25) is 0 Å². The summed E-state index contributed by atoms with van der Waals surface area (Å²) in [5.74, 6) is 4.58. The van der Waals surface area contributed by atoms with Crippen molar-refractivity contribution in [3.63, 3.8) is 0 Å². The van der Waals surface area contributed by atoms with E-state index in [-0.39, 0.29) is 12.1 Å². The number of aromatic nitrogens is 2. The van der Waals surface area contributed by atoms with Gasteiger partial charge in [-0.15, -0.1) is 0 Å². The molecule has 0 aliphatic carbocycles. The summed E-state index contributed by atoms with van der Waals surface area (Å²) in [6, 6.07) is 15.8. The summed E-state index contributed by atoms with van der Waals surface area (Å²) >= 11 is 0. The van der Waals surface area contributed by atoms with Crippen LogP contribution in [0.25, 0.3) is 0 Å². The minimum Gasteiger partial charge on any atom is -0.502 e. The van der Waals surface area contributed by atoms with Crippen LogP contribution < -0.4 is 10.9 Å². The third-order valence-corrected chi connectivity index (χ3v) is 5.93. The van der Waals surface area contributed by atoms with Crippen molar-refractivity contribution < 1.29 is 19.4 Å². The molecule has 4 rings (SSSR count). The van der Waals surface area contributed by atoms with Crippen LogP contribution >= 0.6 is 0 Å². The summed E-state index contributed by atoms with van der Waals surface area (Å²) in [6.45, 7) is 2.40. The smallest absolute Gasteiger partial charge is 0.313 e. The highest BCUT2D eigenvalue weighted by Gasteiger charge is 2.24. The first-order chi connectivity index (χ1) is 17.0. The standard InChI is InChI=1S/C27H27N3O5/c1-34-27(33)23(14-24-25(31)26(32)30-17-29-24)21-10-8-19(9-11-21)3-2-18-4-6-20(7-5-18)15-28-22-12-13-35-16-22/h4-11,17,22-23,28,31H,12-16H2,1H3,(H,29,30,32). The number of aromatic hydroxyl groups is 1. The van der Waals surface area contributed by atoms with Gasteiger partial charge in [0.25, 0.3) is 5.56 Å². The molecule has 2 unspecified atom stereocenters. The Morgan fingerprint density at radius 2 is 1.89 bits per heavy atom. The van der Waals surface area contributed by atoms with Crippen LogP contribution in [-0.2, 0) is 27.2 Å². The van der Waals surface area contributed by atoms with Gasteiger partial charge in [-0.1, -0.05) is 36.1 Å². The van der Waals surface area contributed by atoms with Crippen LogP contribution in [0.15, 0.2) is 59.7 Å². The van der Waals surface area contributed by atoms with Crippen molar-refractivity contribution in [3.05, 3.63) is 93.2 Å². The lowest BCUT2D eigenvalue weighted by atomic mass is 9.93. The SMILES string of the molecule is COC(=O)C(Cc1nc[nH]c(=O)c1O)c1ccc(C#Cc2ccc(CNC3CCOC3)cc2)cc1. The van der Waals surface area contributed by atoms with E-state index in [0.717, 1.165) is 37.3 Å². The summed E-state index contributed by atoms with van der Waals surface area (Å²) in [5.41, 5.74) is 3.04. The molecule has 8 nitrogen and oxygen atoms in total. The van der Waals surface area contributed by atoms with Gasteiger partial charge in [0.2, 0.25) is 5.75 Å². The van der Waals surface area contributed by atoms with Crippen molar-refractivity contribution >= 4 is 5.97 Å². The Kier molecular flexibility index (Phi) is 7.93. The Balaban J connectivity index is 1.42. The molecule has 0 saturated carbocycles. The maximum absolute atomic E-state index is 12.4. The topological polar surface area (TPSA) is 114 Å². The number of H-pyrrole nitrogens is 1. The molecule has 3 aromatic rings. The van der Waals surface area contributed by atoms with Crippen molar-refractivity contribution in [1.29, 1.82) is 0 Å². The average Bonchev–Trinajstić information content (AvgIpc) is 3.41. The Morgan fingerprint density at radius 3 is 2.51 bits per heavy atom. The van der Waals surface area contributed by atoms with Gasteiger partial charge in [-0.25, -0.2) is 4.98 Å². The first-order valence-corrected chi connectivity index (χ1v) is 11.4. The maximum Gasteiger partial charge on any atom is 0.313 e. The number of esters is 1. The van der Waals surface area contributed by atoms with E-state index >= 15 is 0 Å². The van der Waals surface area contributed by atoms with Gasteiger partial charge in [0.15, 0.2) is 0 Å². The van der Waals surface area contributed by atoms with Crippen molar-refractivity contribution in [3.8, 4) is 17.6 Å². The largest absolute Gasteiger partial charge is 0.502 e. The molecule has 0 spiro atoms. The van der Waals surface area contributed by atoms with Gasteiger partial charge in [-0.2, -0.15) is 0 Å². The lowest BCUT2D eigenvalue weighted by Gasteiger charge is -2.15. The van der Waals surface area contributed by atoms with Crippen molar-refractivity contribution in [2.75, 3.05) is 20.3 Å². The minimum atomic E-state index is -0.723. The second-order valence-corrected chi connectivity index (χ2v) is 8.32. The predicted molar refractivity (Wildman–Crippen MR) is 130 cm³/mol. The molecule has 35 heavy (non-hydrogen) atoms. The summed E-state index contributed by atoms with van der Waals surface area (Å²) in [4.78, 5) is 30.3. The maximum atomic E-state index is 12.4. The molecule has 1 aliphatic rings. The first kappa shape index (κ1) is 24.2.